The third-order valence-electron chi connectivity index (χ3n) is 4.95. The molecule has 2 saturated heterocycles. The SMILES string of the molecule is CCNC1CC2CCC(C1)N2C1CC=CCC1. The Hall–Kier alpha value is -0.340. The lowest BCUT2D eigenvalue weighted by molar-refractivity contribution is 0.0654. The molecule has 2 nitrogen and oxygen atoms in total. The first kappa shape index (κ1) is 11.7. The highest BCUT2D eigenvalue weighted by atomic mass is 15.3. The van der Waals surface area contributed by atoms with Gasteiger partial charge in [0.2, 0.25) is 0 Å². The van der Waals surface area contributed by atoms with Gasteiger partial charge in [0.15, 0.2) is 0 Å². The van der Waals surface area contributed by atoms with Crippen LogP contribution in [0.4, 0.5) is 0 Å². The van der Waals surface area contributed by atoms with Gasteiger partial charge in [-0.25, -0.2) is 0 Å². The summed E-state index contributed by atoms with van der Waals surface area (Å²) in [5.74, 6) is 0. The van der Waals surface area contributed by atoms with Crippen molar-refractivity contribution in [2.24, 2.45) is 0 Å². The molecule has 0 amide bonds. The Bertz CT molecular complexity index is 273. The minimum atomic E-state index is 0.799. The highest BCUT2D eigenvalue weighted by Gasteiger charge is 2.43. The van der Waals surface area contributed by atoms with E-state index in [9.17, 15) is 0 Å². The van der Waals surface area contributed by atoms with Crippen molar-refractivity contribution in [3.63, 3.8) is 0 Å². The van der Waals surface area contributed by atoms with E-state index in [4.69, 9.17) is 0 Å². The molecule has 0 aromatic carbocycles. The highest BCUT2D eigenvalue weighted by molar-refractivity contribution is 5.03. The molecule has 3 aliphatic rings. The van der Waals surface area contributed by atoms with Crippen molar-refractivity contribution in [3.8, 4) is 0 Å². The zero-order valence-corrected chi connectivity index (χ0v) is 11.1. The molecule has 3 unspecified atom stereocenters. The Morgan fingerprint density at radius 2 is 1.82 bits per heavy atom. The fourth-order valence-corrected chi connectivity index (χ4v) is 4.31. The standard InChI is InChI=1S/C15H26N2/c1-2-16-12-10-14-8-9-15(11-12)17(14)13-6-4-3-5-7-13/h3-4,12-16H,2,5-11H2,1H3. The van der Waals surface area contributed by atoms with Gasteiger partial charge in [0.1, 0.15) is 0 Å². The van der Waals surface area contributed by atoms with Crippen molar-refractivity contribution in [1.82, 2.24) is 10.2 Å². The van der Waals surface area contributed by atoms with Crippen LogP contribution in [0.5, 0.6) is 0 Å². The van der Waals surface area contributed by atoms with Crippen LogP contribution in [0.3, 0.4) is 0 Å². The molecule has 1 aliphatic carbocycles. The molecule has 2 fully saturated rings. The van der Waals surface area contributed by atoms with Crippen molar-refractivity contribution in [2.45, 2.75) is 76.0 Å². The minimum Gasteiger partial charge on any atom is -0.314 e. The number of hydrogen-bond acceptors (Lipinski definition) is 2. The summed E-state index contributed by atoms with van der Waals surface area (Å²) < 4.78 is 0. The lowest BCUT2D eigenvalue weighted by atomic mass is 9.91. The predicted molar refractivity (Wildman–Crippen MR) is 72.1 cm³/mol. The molecule has 2 heteroatoms. The summed E-state index contributed by atoms with van der Waals surface area (Å²) in [5.41, 5.74) is 0. The average molecular weight is 234 g/mol. The topological polar surface area (TPSA) is 15.3 Å². The molecule has 96 valence electrons. The van der Waals surface area contributed by atoms with E-state index in [1.54, 1.807) is 0 Å². The van der Waals surface area contributed by atoms with Gasteiger partial charge in [-0.2, -0.15) is 0 Å². The predicted octanol–water partition coefficient (Wildman–Crippen LogP) is 2.70. The van der Waals surface area contributed by atoms with Crippen LogP contribution in [0.1, 0.15) is 51.9 Å². The van der Waals surface area contributed by atoms with Crippen LogP contribution < -0.4 is 5.32 Å². The number of rotatable bonds is 3. The number of nitrogens with zero attached hydrogens (tertiary/aromatic N) is 1. The first-order chi connectivity index (χ1) is 8.38. The molecule has 3 atom stereocenters. The van der Waals surface area contributed by atoms with Gasteiger partial charge < -0.3 is 5.32 Å². The second kappa shape index (κ2) is 5.11. The lowest BCUT2D eigenvalue weighted by Gasteiger charge is -2.44. The molecule has 0 aromatic heterocycles. The molecule has 3 rings (SSSR count). The van der Waals surface area contributed by atoms with E-state index in [2.05, 4.69) is 29.3 Å². The fraction of sp³-hybridized carbons (Fsp3) is 0.867. The Labute approximate surface area is 105 Å². The fourth-order valence-electron chi connectivity index (χ4n) is 4.31. The van der Waals surface area contributed by atoms with Crippen LogP contribution in [0.15, 0.2) is 12.2 Å². The summed E-state index contributed by atoms with van der Waals surface area (Å²) in [7, 11) is 0. The first-order valence-corrected chi connectivity index (χ1v) is 7.54. The van der Waals surface area contributed by atoms with Gasteiger partial charge in [0.25, 0.3) is 0 Å². The van der Waals surface area contributed by atoms with Crippen molar-refractivity contribution >= 4 is 0 Å². The summed E-state index contributed by atoms with van der Waals surface area (Å²) in [6.07, 6.45) is 14.5. The van der Waals surface area contributed by atoms with Gasteiger partial charge in [-0.1, -0.05) is 19.1 Å². The molecule has 2 aliphatic heterocycles. The van der Waals surface area contributed by atoms with E-state index in [-0.39, 0.29) is 0 Å². The summed E-state index contributed by atoms with van der Waals surface area (Å²) in [5, 5.41) is 3.67. The van der Waals surface area contributed by atoms with Gasteiger partial charge in [-0.15, -0.1) is 0 Å². The zero-order valence-electron chi connectivity index (χ0n) is 11.1. The zero-order chi connectivity index (χ0) is 11.7. The van der Waals surface area contributed by atoms with Crippen LogP contribution in [-0.4, -0.2) is 35.6 Å². The maximum Gasteiger partial charge on any atom is 0.0139 e. The van der Waals surface area contributed by atoms with E-state index in [0.29, 0.717) is 0 Å². The average Bonchev–Trinajstić information content (AvgIpc) is 2.63. The summed E-state index contributed by atoms with van der Waals surface area (Å²) in [4.78, 5) is 2.90. The smallest absolute Gasteiger partial charge is 0.0139 e. The summed E-state index contributed by atoms with van der Waals surface area (Å²) >= 11 is 0. The number of nitrogens with one attached hydrogen (secondary N) is 1. The summed E-state index contributed by atoms with van der Waals surface area (Å²) in [6, 6.07) is 3.43. The quantitative estimate of drug-likeness (QED) is 0.755. The van der Waals surface area contributed by atoms with Gasteiger partial charge in [0.05, 0.1) is 0 Å². The molecule has 0 spiro atoms. The number of hydrogen-bond donors (Lipinski definition) is 1. The maximum absolute atomic E-state index is 3.67. The van der Waals surface area contributed by atoms with Crippen LogP contribution in [0.25, 0.3) is 0 Å². The van der Waals surface area contributed by atoms with Gasteiger partial charge in [0, 0.05) is 24.2 Å². The monoisotopic (exact) mass is 234 g/mol. The third-order valence-corrected chi connectivity index (χ3v) is 4.95. The Morgan fingerprint density at radius 3 is 2.41 bits per heavy atom. The molecule has 0 saturated carbocycles. The van der Waals surface area contributed by atoms with E-state index < -0.39 is 0 Å². The molecule has 17 heavy (non-hydrogen) atoms. The van der Waals surface area contributed by atoms with Crippen LogP contribution in [-0.2, 0) is 0 Å². The van der Waals surface area contributed by atoms with Crippen molar-refractivity contribution in [3.05, 3.63) is 12.2 Å². The van der Waals surface area contributed by atoms with E-state index in [0.717, 1.165) is 30.7 Å². The normalized spacial score (nSPS) is 41.9. The van der Waals surface area contributed by atoms with E-state index >= 15 is 0 Å². The Kier molecular flexibility index (Phi) is 3.53. The molecule has 0 radical (unpaired) electrons. The summed E-state index contributed by atoms with van der Waals surface area (Å²) in [6.45, 7) is 3.37. The molecule has 0 aromatic rings. The first-order valence-electron chi connectivity index (χ1n) is 7.54. The van der Waals surface area contributed by atoms with Crippen LogP contribution >= 0.6 is 0 Å². The van der Waals surface area contributed by atoms with E-state index in [1.807, 2.05) is 0 Å². The molecule has 1 N–H and O–H groups in total. The highest BCUT2D eigenvalue weighted by Crippen LogP contribution is 2.39. The second-order valence-corrected chi connectivity index (χ2v) is 6.00. The number of piperidine rings is 1. The van der Waals surface area contributed by atoms with Crippen molar-refractivity contribution in [2.75, 3.05) is 6.54 Å². The van der Waals surface area contributed by atoms with Crippen molar-refractivity contribution < 1.29 is 0 Å². The minimum absolute atomic E-state index is 0.799. The second-order valence-electron chi connectivity index (χ2n) is 6.00. The Morgan fingerprint density at radius 1 is 1.06 bits per heavy atom. The largest absolute Gasteiger partial charge is 0.314 e. The number of fused-ring (bicyclic) bond motifs is 2. The molecule has 2 heterocycles. The van der Waals surface area contributed by atoms with Gasteiger partial charge in [-0.3, -0.25) is 4.90 Å². The number of allylic oxidation sites excluding steroid dienone is 1. The molecular formula is C15H26N2. The lowest BCUT2D eigenvalue weighted by Crippen LogP contribution is -2.53. The van der Waals surface area contributed by atoms with Gasteiger partial charge >= 0.3 is 0 Å². The van der Waals surface area contributed by atoms with Gasteiger partial charge in [-0.05, 0) is 51.5 Å². The molecular weight excluding hydrogens is 208 g/mol. The molecule has 2 bridgehead atoms. The van der Waals surface area contributed by atoms with Crippen LogP contribution in [0, 0.1) is 0 Å². The maximum atomic E-state index is 3.67. The van der Waals surface area contributed by atoms with E-state index in [1.165, 1.54) is 44.9 Å². The third kappa shape index (κ3) is 2.30. The Balaban J connectivity index is 1.66. The van der Waals surface area contributed by atoms with Crippen molar-refractivity contribution in [1.29, 1.82) is 0 Å². The van der Waals surface area contributed by atoms with Crippen LogP contribution in [0.2, 0.25) is 0 Å².